The SMILES string of the molecule is O=C(c1ccco1)N1CCCN(S(=O)(=O)c2ccc(Br)cc2)CC1. The van der Waals surface area contributed by atoms with E-state index in [1.807, 2.05) is 0 Å². The molecular formula is C16H17BrN2O4S. The normalized spacial score (nSPS) is 16.8. The Bertz CT molecular complexity index is 803. The zero-order valence-electron chi connectivity index (χ0n) is 12.9. The Balaban J connectivity index is 1.73. The van der Waals surface area contributed by atoms with Crippen molar-refractivity contribution in [3.63, 3.8) is 0 Å². The van der Waals surface area contributed by atoms with Crippen LogP contribution < -0.4 is 0 Å². The second kappa shape index (κ2) is 7.08. The summed E-state index contributed by atoms with van der Waals surface area (Å²) in [5, 5.41) is 0. The highest BCUT2D eigenvalue weighted by Gasteiger charge is 2.29. The molecule has 2 heterocycles. The molecule has 8 heteroatoms. The minimum absolute atomic E-state index is 0.206. The van der Waals surface area contributed by atoms with Crippen molar-refractivity contribution in [2.45, 2.75) is 11.3 Å². The first kappa shape index (κ1) is 17.2. The smallest absolute Gasteiger partial charge is 0.289 e. The van der Waals surface area contributed by atoms with Crippen molar-refractivity contribution in [2.75, 3.05) is 26.2 Å². The Hall–Kier alpha value is -1.64. The van der Waals surface area contributed by atoms with Gasteiger partial charge in [0.25, 0.3) is 5.91 Å². The van der Waals surface area contributed by atoms with Crippen LogP contribution in [0.5, 0.6) is 0 Å². The van der Waals surface area contributed by atoms with Gasteiger partial charge in [0.1, 0.15) is 0 Å². The van der Waals surface area contributed by atoms with E-state index in [0.29, 0.717) is 26.1 Å². The lowest BCUT2D eigenvalue weighted by Gasteiger charge is -2.21. The van der Waals surface area contributed by atoms with Crippen molar-refractivity contribution in [3.8, 4) is 0 Å². The van der Waals surface area contributed by atoms with Crippen LogP contribution in [0.25, 0.3) is 0 Å². The Kier molecular flexibility index (Phi) is 5.07. The van der Waals surface area contributed by atoms with Gasteiger partial charge in [0.15, 0.2) is 5.76 Å². The van der Waals surface area contributed by atoms with Crippen LogP contribution in [0.15, 0.2) is 56.4 Å². The highest BCUT2D eigenvalue weighted by Crippen LogP contribution is 2.20. The predicted octanol–water partition coefficient (Wildman–Crippen LogP) is 2.58. The lowest BCUT2D eigenvalue weighted by molar-refractivity contribution is 0.0732. The van der Waals surface area contributed by atoms with Gasteiger partial charge in [-0.3, -0.25) is 4.79 Å². The van der Waals surface area contributed by atoms with Crippen LogP contribution in [0, 0.1) is 0 Å². The molecule has 1 aromatic heterocycles. The first-order valence-electron chi connectivity index (χ1n) is 7.57. The lowest BCUT2D eigenvalue weighted by Crippen LogP contribution is -2.37. The fraction of sp³-hybridized carbons (Fsp3) is 0.312. The Morgan fingerprint density at radius 3 is 2.46 bits per heavy atom. The van der Waals surface area contributed by atoms with Crippen molar-refractivity contribution in [2.24, 2.45) is 0 Å². The molecule has 1 aliphatic heterocycles. The topological polar surface area (TPSA) is 70.8 Å². The van der Waals surface area contributed by atoms with Crippen molar-refractivity contribution >= 4 is 31.9 Å². The number of furan rings is 1. The summed E-state index contributed by atoms with van der Waals surface area (Å²) in [4.78, 5) is 14.2. The number of amides is 1. The second-order valence-corrected chi connectivity index (χ2v) is 8.33. The molecule has 2 aromatic rings. The van der Waals surface area contributed by atoms with E-state index in [4.69, 9.17) is 4.42 Å². The fourth-order valence-electron chi connectivity index (χ4n) is 2.65. The van der Waals surface area contributed by atoms with Gasteiger partial charge in [-0.1, -0.05) is 15.9 Å². The van der Waals surface area contributed by atoms with Gasteiger partial charge in [-0.2, -0.15) is 4.31 Å². The summed E-state index contributed by atoms with van der Waals surface area (Å²) in [5.41, 5.74) is 0. The summed E-state index contributed by atoms with van der Waals surface area (Å²) in [6.45, 7) is 1.51. The third kappa shape index (κ3) is 3.55. The summed E-state index contributed by atoms with van der Waals surface area (Å²) in [7, 11) is -3.55. The number of rotatable bonds is 3. The Morgan fingerprint density at radius 1 is 1.04 bits per heavy atom. The molecule has 24 heavy (non-hydrogen) atoms. The van der Waals surface area contributed by atoms with Gasteiger partial charge >= 0.3 is 0 Å². The standard InChI is InChI=1S/C16H17BrN2O4S/c17-13-4-6-14(7-5-13)24(21,22)19-9-2-8-18(10-11-19)16(20)15-3-1-12-23-15/h1,3-7,12H,2,8-11H2. The molecule has 6 nitrogen and oxygen atoms in total. The van der Waals surface area contributed by atoms with Crippen LogP contribution in [0.1, 0.15) is 17.0 Å². The maximum absolute atomic E-state index is 12.7. The molecule has 0 saturated carbocycles. The summed E-state index contributed by atoms with van der Waals surface area (Å²) < 4.78 is 32.9. The number of benzene rings is 1. The first-order chi connectivity index (χ1) is 11.5. The number of hydrogen-bond donors (Lipinski definition) is 0. The van der Waals surface area contributed by atoms with Gasteiger partial charge in [0.05, 0.1) is 11.2 Å². The van der Waals surface area contributed by atoms with Gasteiger partial charge in [0, 0.05) is 30.7 Å². The summed E-state index contributed by atoms with van der Waals surface area (Å²) in [5.74, 6) is 0.0714. The van der Waals surface area contributed by atoms with Gasteiger partial charge in [-0.25, -0.2) is 8.42 Å². The molecule has 0 atom stereocenters. The molecule has 0 radical (unpaired) electrons. The molecule has 0 bridgehead atoms. The van der Waals surface area contributed by atoms with Crippen LogP contribution in [0.2, 0.25) is 0 Å². The highest BCUT2D eigenvalue weighted by molar-refractivity contribution is 9.10. The van der Waals surface area contributed by atoms with Gasteiger partial charge in [-0.05, 0) is 42.8 Å². The molecule has 128 valence electrons. The van der Waals surface area contributed by atoms with Crippen molar-refractivity contribution < 1.29 is 17.6 Å². The average Bonchev–Trinajstić information content (AvgIpc) is 2.98. The van der Waals surface area contributed by atoms with Gasteiger partial charge in [-0.15, -0.1) is 0 Å². The number of carbonyl (C=O) groups excluding carboxylic acids is 1. The van der Waals surface area contributed by atoms with Crippen molar-refractivity contribution in [1.82, 2.24) is 9.21 Å². The van der Waals surface area contributed by atoms with E-state index < -0.39 is 10.0 Å². The lowest BCUT2D eigenvalue weighted by atomic mass is 10.3. The first-order valence-corrected chi connectivity index (χ1v) is 9.80. The summed E-state index contributed by atoms with van der Waals surface area (Å²) >= 11 is 3.30. The maximum atomic E-state index is 12.7. The number of hydrogen-bond acceptors (Lipinski definition) is 4. The molecule has 0 unspecified atom stereocenters. The maximum Gasteiger partial charge on any atom is 0.289 e. The monoisotopic (exact) mass is 412 g/mol. The number of sulfonamides is 1. The number of halogens is 1. The second-order valence-electron chi connectivity index (χ2n) is 5.48. The minimum Gasteiger partial charge on any atom is -0.459 e. The van der Waals surface area contributed by atoms with Gasteiger partial charge in [0.2, 0.25) is 10.0 Å². The van der Waals surface area contributed by atoms with Crippen molar-refractivity contribution in [3.05, 3.63) is 52.9 Å². The van der Waals surface area contributed by atoms with E-state index in [-0.39, 0.29) is 23.1 Å². The number of nitrogens with zero attached hydrogens (tertiary/aromatic N) is 2. The van der Waals surface area contributed by atoms with Crippen molar-refractivity contribution in [1.29, 1.82) is 0 Å². The molecule has 0 spiro atoms. The molecule has 0 N–H and O–H groups in total. The summed E-state index contributed by atoms with van der Waals surface area (Å²) in [6.07, 6.45) is 2.04. The quantitative estimate of drug-likeness (QED) is 0.776. The molecule has 1 fully saturated rings. The zero-order valence-corrected chi connectivity index (χ0v) is 15.3. The molecule has 1 saturated heterocycles. The van der Waals surface area contributed by atoms with E-state index in [2.05, 4.69) is 15.9 Å². The van der Waals surface area contributed by atoms with E-state index in [9.17, 15) is 13.2 Å². The molecule has 1 aromatic carbocycles. The Morgan fingerprint density at radius 2 is 1.79 bits per heavy atom. The van der Waals surface area contributed by atoms with Crippen LogP contribution in [-0.2, 0) is 10.0 Å². The van der Waals surface area contributed by atoms with E-state index >= 15 is 0 Å². The highest BCUT2D eigenvalue weighted by atomic mass is 79.9. The van der Waals surface area contributed by atoms with Crippen LogP contribution in [0.3, 0.4) is 0 Å². The zero-order chi connectivity index (χ0) is 17.2. The molecule has 3 rings (SSSR count). The van der Waals surface area contributed by atoms with E-state index in [0.717, 1.165) is 4.47 Å². The third-order valence-electron chi connectivity index (χ3n) is 3.93. The van der Waals surface area contributed by atoms with Gasteiger partial charge < -0.3 is 9.32 Å². The third-order valence-corrected chi connectivity index (χ3v) is 6.37. The molecule has 1 amide bonds. The van der Waals surface area contributed by atoms with Crippen LogP contribution in [-0.4, -0.2) is 49.7 Å². The summed E-state index contributed by atoms with van der Waals surface area (Å²) in [6, 6.07) is 9.85. The molecule has 0 aliphatic carbocycles. The minimum atomic E-state index is -3.55. The molecular weight excluding hydrogens is 396 g/mol. The average molecular weight is 413 g/mol. The van der Waals surface area contributed by atoms with E-state index in [1.165, 1.54) is 10.6 Å². The van der Waals surface area contributed by atoms with E-state index in [1.54, 1.807) is 41.3 Å². The fourth-order valence-corrected chi connectivity index (χ4v) is 4.38. The largest absolute Gasteiger partial charge is 0.459 e. The predicted molar refractivity (Wildman–Crippen MR) is 92.1 cm³/mol. The number of carbonyl (C=O) groups is 1. The Labute approximate surface area is 149 Å². The van der Waals surface area contributed by atoms with Crippen LogP contribution in [0.4, 0.5) is 0 Å². The van der Waals surface area contributed by atoms with Crippen LogP contribution >= 0.6 is 15.9 Å². The molecule has 1 aliphatic rings.